The van der Waals surface area contributed by atoms with Gasteiger partial charge in [0.05, 0.1) is 0 Å². The summed E-state index contributed by atoms with van der Waals surface area (Å²) in [6, 6.07) is 4.86. The van der Waals surface area contributed by atoms with Crippen LogP contribution in [0.2, 0.25) is 0 Å². The van der Waals surface area contributed by atoms with E-state index in [1.165, 1.54) is 6.07 Å². The fraction of sp³-hybridized carbons (Fsp3) is 0.462. The molecule has 0 radical (unpaired) electrons. The lowest BCUT2D eigenvalue weighted by molar-refractivity contribution is -0.122. The maximum atomic E-state index is 13.4. The van der Waals surface area contributed by atoms with E-state index in [1.54, 1.807) is 12.1 Å². The molecule has 0 heterocycles. The summed E-state index contributed by atoms with van der Waals surface area (Å²) in [5.74, 6) is 0.579. The molecule has 2 atom stereocenters. The molecule has 92 valence electrons. The first kappa shape index (κ1) is 12.6. The molecule has 1 saturated carbocycles. The molecule has 2 nitrogen and oxygen atoms in total. The second kappa shape index (κ2) is 5.17. The van der Waals surface area contributed by atoms with E-state index in [1.807, 2.05) is 0 Å². The molecule has 0 aromatic heterocycles. The van der Waals surface area contributed by atoms with Gasteiger partial charge in [-0.15, -0.1) is 0 Å². The van der Waals surface area contributed by atoms with Crippen molar-refractivity contribution in [3.8, 4) is 0 Å². The maximum absolute atomic E-state index is 13.4. The van der Waals surface area contributed by atoms with E-state index >= 15 is 0 Å². The van der Waals surface area contributed by atoms with Crippen molar-refractivity contribution < 1.29 is 9.18 Å². The van der Waals surface area contributed by atoms with Crippen LogP contribution in [0.4, 0.5) is 4.39 Å². The topological polar surface area (TPSA) is 29.1 Å². The number of carbonyl (C=O) groups excluding carboxylic acids is 1. The Hall–Kier alpha value is -0.900. The normalized spacial score (nSPS) is 22.3. The van der Waals surface area contributed by atoms with Crippen LogP contribution in [0, 0.1) is 17.7 Å². The van der Waals surface area contributed by atoms with Gasteiger partial charge in [0.15, 0.2) is 0 Å². The molecule has 1 aliphatic carbocycles. The first-order chi connectivity index (χ1) is 8.08. The Bertz CT molecular complexity index is 435. The standard InChI is InChI=1S/C13H15BrFNO/c1-8-6-11(8)13(17)16-5-4-9-7-10(14)2-3-12(9)15/h2-3,7-8,11H,4-6H2,1H3,(H,16,17)/t8-,11+/m0/s1. The first-order valence-corrected chi connectivity index (χ1v) is 6.59. The number of benzene rings is 1. The van der Waals surface area contributed by atoms with Gasteiger partial charge in [0, 0.05) is 16.9 Å². The summed E-state index contributed by atoms with van der Waals surface area (Å²) in [5, 5.41) is 2.85. The smallest absolute Gasteiger partial charge is 0.223 e. The van der Waals surface area contributed by atoms with Crippen LogP contribution in [-0.4, -0.2) is 12.5 Å². The highest BCUT2D eigenvalue weighted by atomic mass is 79.9. The average molecular weight is 300 g/mol. The summed E-state index contributed by atoms with van der Waals surface area (Å²) in [4.78, 5) is 11.5. The van der Waals surface area contributed by atoms with Crippen LogP contribution in [-0.2, 0) is 11.2 Å². The number of rotatable bonds is 4. The van der Waals surface area contributed by atoms with Crippen molar-refractivity contribution in [2.75, 3.05) is 6.54 Å². The van der Waals surface area contributed by atoms with Crippen LogP contribution in [0.3, 0.4) is 0 Å². The van der Waals surface area contributed by atoms with Gasteiger partial charge in [-0.25, -0.2) is 4.39 Å². The second-order valence-electron chi connectivity index (χ2n) is 4.60. The summed E-state index contributed by atoms with van der Waals surface area (Å²) in [6.45, 7) is 2.56. The van der Waals surface area contributed by atoms with Gasteiger partial charge in [-0.3, -0.25) is 4.79 Å². The minimum Gasteiger partial charge on any atom is -0.356 e. The second-order valence-corrected chi connectivity index (χ2v) is 5.51. The molecule has 0 spiro atoms. The number of hydrogen-bond donors (Lipinski definition) is 1. The highest BCUT2D eigenvalue weighted by Gasteiger charge is 2.38. The van der Waals surface area contributed by atoms with Crippen LogP contribution >= 0.6 is 15.9 Å². The molecule has 2 rings (SSSR count). The number of halogens is 2. The van der Waals surface area contributed by atoms with E-state index < -0.39 is 0 Å². The molecule has 0 bridgehead atoms. The van der Waals surface area contributed by atoms with Crippen LogP contribution in [0.25, 0.3) is 0 Å². The number of nitrogens with one attached hydrogen (secondary N) is 1. The summed E-state index contributed by atoms with van der Waals surface area (Å²) < 4.78 is 14.3. The van der Waals surface area contributed by atoms with Gasteiger partial charge in [-0.05, 0) is 42.5 Å². The molecule has 1 N–H and O–H groups in total. The number of amides is 1. The fourth-order valence-corrected chi connectivity index (χ4v) is 2.28. The molecule has 1 aromatic rings. The van der Waals surface area contributed by atoms with Gasteiger partial charge in [-0.2, -0.15) is 0 Å². The molecule has 4 heteroatoms. The zero-order valence-corrected chi connectivity index (χ0v) is 11.3. The molecule has 0 unspecified atom stereocenters. The molecule has 0 saturated heterocycles. The van der Waals surface area contributed by atoms with E-state index in [0.717, 1.165) is 10.9 Å². The minimum absolute atomic E-state index is 0.105. The van der Waals surface area contributed by atoms with Crippen molar-refractivity contribution in [1.29, 1.82) is 0 Å². The Morgan fingerprint density at radius 3 is 2.94 bits per heavy atom. The Kier molecular flexibility index (Phi) is 3.82. The predicted octanol–water partition coefficient (Wildman–Crippen LogP) is 2.90. The quantitative estimate of drug-likeness (QED) is 0.910. The summed E-state index contributed by atoms with van der Waals surface area (Å²) in [7, 11) is 0. The molecule has 1 fully saturated rings. The number of carbonyl (C=O) groups is 1. The van der Waals surface area contributed by atoms with E-state index in [0.29, 0.717) is 24.4 Å². The molecular weight excluding hydrogens is 285 g/mol. The van der Waals surface area contributed by atoms with Gasteiger partial charge in [0.2, 0.25) is 5.91 Å². The van der Waals surface area contributed by atoms with Crippen LogP contribution in [0.5, 0.6) is 0 Å². The Morgan fingerprint density at radius 1 is 1.59 bits per heavy atom. The zero-order chi connectivity index (χ0) is 12.4. The molecule has 1 aromatic carbocycles. The summed E-state index contributed by atoms with van der Waals surface area (Å²) >= 11 is 3.30. The molecule has 1 aliphatic rings. The van der Waals surface area contributed by atoms with Gasteiger partial charge < -0.3 is 5.32 Å². The average Bonchev–Trinajstić information content (AvgIpc) is 3.00. The SMILES string of the molecule is C[C@H]1C[C@H]1C(=O)NCCc1cc(Br)ccc1F. The fourth-order valence-electron chi connectivity index (χ4n) is 1.87. The van der Waals surface area contributed by atoms with Gasteiger partial charge in [-0.1, -0.05) is 22.9 Å². The van der Waals surface area contributed by atoms with E-state index in [4.69, 9.17) is 0 Å². The zero-order valence-electron chi connectivity index (χ0n) is 9.67. The van der Waals surface area contributed by atoms with Crippen LogP contribution < -0.4 is 5.32 Å². The molecule has 1 amide bonds. The third-order valence-electron chi connectivity index (χ3n) is 3.15. The maximum Gasteiger partial charge on any atom is 0.223 e. The number of hydrogen-bond acceptors (Lipinski definition) is 1. The largest absolute Gasteiger partial charge is 0.356 e. The summed E-state index contributed by atoms with van der Waals surface area (Å²) in [5.41, 5.74) is 0.628. The van der Waals surface area contributed by atoms with Crippen molar-refractivity contribution in [3.05, 3.63) is 34.1 Å². The van der Waals surface area contributed by atoms with Crippen molar-refractivity contribution in [2.24, 2.45) is 11.8 Å². The van der Waals surface area contributed by atoms with Crippen molar-refractivity contribution in [3.63, 3.8) is 0 Å². The third-order valence-corrected chi connectivity index (χ3v) is 3.64. The highest BCUT2D eigenvalue weighted by Crippen LogP contribution is 2.37. The molecular formula is C13H15BrFNO. The lowest BCUT2D eigenvalue weighted by atomic mass is 10.1. The third kappa shape index (κ3) is 3.28. The van der Waals surface area contributed by atoms with Crippen molar-refractivity contribution in [1.82, 2.24) is 5.32 Å². The lowest BCUT2D eigenvalue weighted by Crippen LogP contribution is -2.27. The van der Waals surface area contributed by atoms with Crippen LogP contribution in [0.1, 0.15) is 18.9 Å². The predicted molar refractivity (Wildman–Crippen MR) is 68.1 cm³/mol. The Balaban J connectivity index is 1.81. The van der Waals surface area contributed by atoms with Crippen molar-refractivity contribution >= 4 is 21.8 Å². The monoisotopic (exact) mass is 299 g/mol. The Morgan fingerprint density at radius 2 is 2.29 bits per heavy atom. The van der Waals surface area contributed by atoms with Crippen LogP contribution in [0.15, 0.2) is 22.7 Å². The van der Waals surface area contributed by atoms with E-state index in [9.17, 15) is 9.18 Å². The first-order valence-electron chi connectivity index (χ1n) is 5.79. The highest BCUT2D eigenvalue weighted by molar-refractivity contribution is 9.10. The van der Waals surface area contributed by atoms with Gasteiger partial charge >= 0.3 is 0 Å². The van der Waals surface area contributed by atoms with E-state index in [2.05, 4.69) is 28.2 Å². The molecule has 0 aliphatic heterocycles. The lowest BCUT2D eigenvalue weighted by Gasteiger charge is -2.06. The van der Waals surface area contributed by atoms with E-state index in [-0.39, 0.29) is 17.6 Å². The Labute approximate surface area is 109 Å². The van der Waals surface area contributed by atoms with Gasteiger partial charge in [0.1, 0.15) is 5.82 Å². The van der Waals surface area contributed by atoms with Crippen molar-refractivity contribution in [2.45, 2.75) is 19.8 Å². The van der Waals surface area contributed by atoms with Gasteiger partial charge in [0.25, 0.3) is 0 Å². The molecule has 17 heavy (non-hydrogen) atoms. The minimum atomic E-state index is -0.220. The summed E-state index contributed by atoms with van der Waals surface area (Å²) in [6.07, 6.45) is 1.51.